The summed E-state index contributed by atoms with van der Waals surface area (Å²) in [4.78, 5) is 0. The molecule has 4 heteroatoms. The molecule has 2 rings (SSSR count). The van der Waals surface area contributed by atoms with Crippen molar-refractivity contribution >= 4 is 7.60 Å². The monoisotopic (exact) mass is 374 g/mol. The molecule has 0 heterocycles. The van der Waals surface area contributed by atoms with Gasteiger partial charge in [-0.1, -0.05) is 63.3 Å². The van der Waals surface area contributed by atoms with Gasteiger partial charge in [0.25, 0.3) is 0 Å². The van der Waals surface area contributed by atoms with Gasteiger partial charge in [0.1, 0.15) is 11.5 Å². The fourth-order valence-corrected chi connectivity index (χ4v) is 4.56. The second-order valence-corrected chi connectivity index (χ2v) is 8.95. The summed E-state index contributed by atoms with van der Waals surface area (Å²) in [6, 6.07) is 15.3. The standard InChI is InChI=1S/C22H31O3P/c1-4-5-6-7-8-9-16-26(23,24-21-14-10-12-19(2)17-21)25-22-15-11-13-20(3)18-22/h10-15,17-18H,4-9,16H2,1-3H3. The normalized spacial score (nSPS) is 11.3. The summed E-state index contributed by atoms with van der Waals surface area (Å²) in [5, 5.41) is 0. The van der Waals surface area contributed by atoms with E-state index in [1.54, 1.807) is 0 Å². The summed E-state index contributed by atoms with van der Waals surface area (Å²) < 4.78 is 25.2. The Balaban J connectivity index is 2.05. The van der Waals surface area contributed by atoms with Crippen molar-refractivity contribution in [1.29, 1.82) is 0 Å². The van der Waals surface area contributed by atoms with Crippen molar-refractivity contribution in [2.75, 3.05) is 6.16 Å². The van der Waals surface area contributed by atoms with E-state index in [9.17, 15) is 4.57 Å². The Hall–Kier alpha value is -1.73. The van der Waals surface area contributed by atoms with Crippen molar-refractivity contribution in [2.24, 2.45) is 0 Å². The maximum absolute atomic E-state index is 13.4. The molecular weight excluding hydrogens is 343 g/mol. The Morgan fingerprint density at radius 1 is 0.769 bits per heavy atom. The SMILES string of the molecule is CCCCCCCCP(=O)(Oc1cccc(C)c1)Oc1cccc(C)c1. The first-order chi connectivity index (χ1) is 12.5. The van der Waals surface area contributed by atoms with Crippen LogP contribution >= 0.6 is 7.60 Å². The molecule has 0 saturated carbocycles. The highest BCUT2D eigenvalue weighted by atomic mass is 31.2. The van der Waals surface area contributed by atoms with Crippen LogP contribution in [-0.2, 0) is 4.57 Å². The predicted octanol–water partition coefficient (Wildman–Crippen LogP) is 7.31. The molecule has 0 bridgehead atoms. The minimum Gasteiger partial charge on any atom is -0.416 e. The van der Waals surface area contributed by atoms with E-state index in [-0.39, 0.29) is 0 Å². The number of benzene rings is 2. The van der Waals surface area contributed by atoms with Gasteiger partial charge in [-0.05, 0) is 55.7 Å². The summed E-state index contributed by atoms with van der Waals surface area (Å²) in [6.07, 6.45) is 7.22. The number of aryl methyl sites for hydroxylation is 2. The summed E-state index contributed by atoms with van der Waals surface area (Å²) in [5.41, 5.74) is 2.15. The van der Waals surface area contributed by atoms with Crippen molar-refractivity contribution in [3.63, 3.8) is 0 Å². The van der Waals surface area contributed by atoms with E-state index in [2.05, 4.69) is 6.92 Å². The van der Waals surface area contributed by atoms with Crippen LogP contribution in [0.4, 0.5) is 0 Å². The van der Waals surface area contributed by atoms with Gasteiger partial charge >= 0.3 is 7.60 Å². The fraction of sp³-hybridized carbons (Fsp3) is 0.455. The van der Waals surface area contributed by atoms with Crippen molar-refractivity contribution in [2.45, 2.75) is 59.3 Å². The van der Waals surface area contributed by atoms with Crippen LogP contribution in [0.25, 0.3) is 0 Å². The molecule has 0 amide bonds. The lowest BCUT2D eigenvalue weighted by molar-refractivity contribution is 0.383. The molecule has 2 aromatic rings. The summed E-state index contributed by atoms with van der Waals surface area (Å²) in [7, 11) is -3.26. The number of hydrogen-bond donors (Lipinski definition) is 0. The van der Waals surface area contributed by atoms with Crippen molar-refractivity contribution < 1.29 is 13.6 Å². The van der Waals surface area contributed by atoms with Crippen LogP contribution in [0.2, 0.25) is 0 Å². The first-order valence-corrected chi connectivity index (χ1v) is 11.3. The zero-order valence-corrected chi connectivity index (χ0v) is 17.1. The average molecular weight is 374 g/mol. The molecule has 0 spiro atoms. The lowest BCUT2D eigenvalue weighted by Crippen LogP contribution is -2.06. The van der Waals surface area contributed by atoms with Crippen LogP contribution < -0.4 is 9.05 Å². The van der Waals surface area contributed by atoms with Crippen LogP contribution in [0.3, 0.4) is 0 Å². The van der Waals surface area contributed by atoms with Crippen LogP contribution in [-0.4, -0.2) is 6.16 Å². The van der Waals surface area contributed by atoms with Gasteiger partial charge in [-0.3, -0.25) is 0 Å². The van der Waals surface area contributed by atoms with Gasteiger partial charge in [-0.2, -0.15) is 0 Å². The van der Waals surface area contributed by atoms with Crippen molar-refractivity contribution in [1.82, 2.24) is 0 Å². The van der Waals surface area contributed by atoms with E-state index in [0.29, 0.717) is 17.7 Å². The lowest BCUT2D eigenvalue weighted by atomic mass is 10.1. The topological polar surface area (TPSA) is 35.5 Å². The third-order valence-corrected chi connectivity index (χ3v) is 6.10. The minimum absolute atomic E-state index is 0.432. The molecule has 3 nitrogen and oxygen atoms in total. The van der Waals surface area contributed by atoms with Gasteiger partial charge in [0.2, 0.25) is 0 Å². The highest BCUT2D eigenvalue weighted by molar-refractivity contribution is 7.54. The summed E-state index contributed by atoms with van der Waals surface area (Å²) >= 11 is 0. The predicted molar refractivity (Wildman–Crippen MR) is 109 cm³/mol. The fourth-order valence-electron chi connectivity index (χ4n) is 2.86. The molecule has 0 unspecified atom stereocenters. The van der Waals surface area contributed by atoms with E-state index in [4.69, 9.17) is 9.05 Å². The molecule has 0 radical (unpaired) electrons. The number of rotatable bonds is 11. The highest BCUT2D eigenvalue weighted by Crippen LogP contribution is 2.49. The Bertz CT molecular complexity index is 675. The molecule has 2 aromatic carbocycles. The molecule has 0 N–H and O–H groups in total. The van der Waals surface area contributed by atoms with Crippen LogP contribution in [0.1, 0.15) is 56.6 Å². The Morgan fingerprint density at radius 3 is 1.77 bits per heavy atom. The average Bonchev–Trinajstić information content (AvgIpc) is 2.58. The van der Waals surface area contributed by atoms with Crippen molar-refractivity contribution in [3.8, 4) is 11.5 Å². The minimum atomic E-state index is -3.26. The maximum Gasteiger partial charge on any atom is 0.430 e. The van der Waals surface area contributed by atoms with E-state index < -0.39 is 7.60 Å². The molecule has 0 aliphatic carbocycles. The summed E-state index contributed by atoms with van der Waals surface area (Å²) in [5.74, 6) is 1.21. The van der Waals surface area contributed by atoms with Gasteiger partial charge in [-0.15, -0.1) is 0 Å². The Kier molecular flexibility index (Phi) is 8.25. The number of hydrogen-bond acceptors (Lipinski definition) is 3. The Morgan fingerprint density at radius 2 is 1.27 bits per heavy atom. The third-order valence-electron chi connectivity index (χ3n) is 4.25. The number of unbranched alkanes of at least 4 members (excludes halogenated alkanes) is 5. The molecule has 26 heavy (non-hydrogen) atoms. The highest BCUT2D eigenvalue weighted by Gasteiger charge is 2.27. The molecule has 0 saturated heterocycles. The van der Waals surface area contributed by atoms with Gasteiger partial charge in [0, 0.05) is 0 Å². The zero-order valence-electron chi connectivity index (χ0n) is 16.2. The second-order valence-electron chi connectivity index (χ2n) is 6.92. The quantitative estimate of drug-likeness (QED) is 0.305. The summed E-state index contributed by atoms with van der Waals surface area (Å²) in [6.45, 7) is 6.19. The second kappa shape index (κ2) is 10.4. The molecule has 0 aliphatic rings. The van der Waals surface area contributed by atoms with E-state index in [1.807, 2.05) is 62.4 Å². The largest absolute Gasteiger partial charge is 0.430 e. The third kappa shape index (κ3) is 7.25. The van der Waals surface area contributed by atoms with E-state index in [1.165, 1.54) is 25.7 Å². The zero-order chi connectivity index (χ0) is 18.8. The molecule has 0 aliphatic heterocycles. The molecular formula is C22H31O3P. The van der Waals surface area contributed by atoms with Gasteiger partial charge in [0.05, 0.1) is 6.16 Å². The van der Waals surface area contributed by atoms with E-state index in [0.717, 1.165) is 24.0 Å². The smallest absolute Gasteiger partial charge is 0.416 e. The van der Waals surface area contributed by atoms with Crippen LogP contribution in [0, 0.1) is 13.8 Å². The van der Waals surface area contributed by atoms with Crippen LogP contribution in [0.15, 0.2) is 48.5 Å². The molecule has 0 fully saturated rings. The van der Waals surface area contributed by atoms with Crippen molar-refractivity contribution in [3.05, 3.63) is 59.7 Å². The maximum atomic E-state index is 13.4. The molecule has 142 valence electrons. The molecule has 0 atom stereocenters. The first-order valence-electron chi connectivity index (χ1n) is 9.62. The van der Waals surface area contributed by atoms with Gasteiger partial charge < -0.3 is 9.05 Å². The molecule has 0 aromatic heterocycles. The lowest BCUT2D eigenvalue weighted by Gasteiger charge is -2.20. The first kappa shape index (κ1) is 20.6. The van der Waals surface area contributed by atoms with Gasteiger partial charge in [0.15, 0.2) is 0 Å². The van der Waals surface area contributed by atoms with Crippen LogP contribution in [0.5, 0.6) is 11.5 Å². The van der Waals surface area contributed by atoms with E-state index >= 15 is 0 Å². The Labute approximate surface area is 158 Å². The van der Waals surface area contributed by atoms with Gasteiger partial charge in [-0.25, -0.2) is 4.57 Å².